The second-order valence-corrected chi connectivity index (χ2v) is 8.74. The van der Waals surface area contributed by atoms with Crippen LogP contribution in [0, 0.1) is 6.92 Å². The minimum absolute atomic E-state index is 0.0683. The summed E-state index contributed by atoms with van der Waals surface area (Å²) in [7, 11) is -3.79. The Bertz CT molecular complexity index is 936. The lowest BCUT2D eigenvalue weighted by Crippen LogP contribution is -2.39. The number of esters is 1. The number of nitrogens with one attached hydrogen (secondary N) is 2. The lowest BCUT2D eigenvalue weighted by Gasteiger charge is -2.09. The maximum atomic E-state index is 12.1. The molecule has 0 saturated carbocycles. The van der Waals surface area contributed by atoms with Crippen LogP contribution in [0.2, 0.25) is 0 Å². The molecule has 0 unspecified atom stereocenters. The Labute approximate surface area is 171 Å². The summed E-state index contributed by atoms with van der Waals surface area (Å²) in [5.41, 5.74) is 2.97. The third-order valence-electron chi connectivity index (χ3n) is 4.23. The van der Waals surface area contributed by atoms with Crippen molar-refractivity contribution in [2.24, 2.45) is 0 Å². The molecule has 0 spiro atoms. The Balaban J connectivity index is 1.72. The van der Waals surface area contributed by atoms with Crippen molar-refractivity contribution in [2.45, 2.75) is 38.2 Å². The summed E-state index contributed by atoms with van der Waals surface area (Å²) in [5.74, 6) is -0.808. The van der Waals surface area contributed by atoms with E-state index < -0.39 is 28.4 Å². The van der Waals surface area contributed by atoms with Crippen molar-refractivity contribution in [3.05, 3.63) is 65.2 Å². The van der Waals surface area contributed by atoms with Crippen molar-refractivity contribution >= 4 is 21.9 Å². The molecule has 2 aromatic carbocycles. The van der Waals surface area contributed by atoms with Gasteiger partial charge in [-0.2, -0.15) is 0 Å². The van der Waals surface area contributed by atoms with E-state index in [-0.39, 0.29) is 18.0 Å². The fraction of sp³-hybridized carbons (Fsp3) is 0.333. The van der Waals surface area contributed by atoms with Crippen LogP contribution in [0.4, 0.5) is 0 Å². The second-order valence-electron chi connectivity index (χ2n) is 6.97. The smallest absolute Gasteiger partial charge is 0.325 e. The minimum Gasteiger partial charge on any atom is -0.460 e. The van der Waals surface area contributed by atoms with Crippen LogP contribution in [-0.4, -0.2) is 33.4 Å². The number of benzene rings is 2. The third-order valence-corrected chi connectivity index (χ3v) is 5.65. The molecule has 0 aromatic heterocycles. The molecule has 0 atom stereocenters. The summed E-state index contributed by atoms with van der Waals surface area (Å²) in [6.45, 7) is 5.33. The van der Waals surface area contributed by atoms with Crippen LogP contribution < -0.4 is 10.0 Å². The Morgan fingerprint density at radius 2 is 1.59 bits per heavy atom. The maximum absolute atomic E-state index is 12.1. The van der Waals surface area contributed by atoms with Crippen LogP contribution in [0.25, 0.3) is 0 Å². The summed E-state index contributed by atoms with van der Waals surface area (Å²) >= 11 is 0. The Hall–Kier alpha value is -2.71. The first kappa shape index (κ1) is 22.6. The van der Waals surface area contributed by atoms with E-state index in [9.17, 15) is 18.0 Å². The molecule has 156 valence electrons. The number of hydrogen-bond acceptors (Lipinski definition) is 5. The lowest BCUT2D eigenvalue weighted by molar-refractivity contribution is -0.145. The Morgan fingerprint density at radius 1 is 0.966 bits per heavy atom. The van der Waals surface area contributed by atoms with Crippen LogP contribution in [0.15, 0.2) is 53.4 Å². The molecule has 0 fully saturated rings. The van der Waals surface area contributed by atoms with Gasteiger partial charge in [-0.1, -0.05) is 55.8 Å². The quantitative estimate of drug-likeness (QED) is 0.608. The molecule has 8 heteroatoms. The topological polar surface area (TPSA) is 102 Å². The predicted molar refractivity (Wildman–Crippen MR) is 110 cm³/mol. The maximum Gasteiger partial charge on any atom is 0.325 e. The fourth-order valence-corrected chi connectivity index (χ4v) is 3.39. The van der Waals surface area contributed by atoms with Gasteiger partial charge in [0.15, 0.2) is 0 Å². The molecule has 7 nitrogen and oxygen atoms in total. The normalized spacial score (nSPS) is 11.3. The van der Waals surface area contributed by atoms with Gasteiger partial charge in [-0.3, -0.25) is 9.59 Å². The van der Waals surface area contributed by atoms with Crippen molar-refractivity contribution in [1.29, 1.82) is 0 Å². The van der Waals surface area contributed by atoms with Crippen molar-refractivity contribution in [2.75, 3.05) is 13.1 Å². The van der Waals surface area contributed by atoms with Crippen molar-refractivity contribution in [3.8, 4) is 0 Å². The molecule has 0 aliphatic carbocycles. The average molecular weight is 419 g/mol. The number of sulfonamides is 1. The van der Waals surface area contributed by atoms with Crippen molar-refractivity contribution in [3.63, 3.8) is 0 Å². The number of ether oxygens (including phenoxy) is 1. The first-order valence-corrected chi connectivity index (χ1v) is 10.7. The highest BCUT2D eigenvalue weighted by atomic mass is 32.2. The fourth-order valence-electron chi connectivity index (χ4n) is 2.41. The van der Waals surface area contributed by atoms with Crippen LogP contribution in [0.1, 0.15) is 36.5 Å². The number of carbonyl (C=O) groups excluding carboxylic acids is 2. The van der Waals surface area contributed by atoms with Gasteiger partial charge in [0.2, 0.25) is 15.9 Å². The lowest BCUT2D eigenvalue weighted by atomic mass is 10.0. The highest BCUT2D eigenvalue weighted by Gasteiger charge is 2.15. The monoisotopic (exact) mass is 418 g/mol. The first-order valence-electron chi connectivity index (χ1n) is 9.25. The van der Waals surface area contributed by atoms with Gasteiger partial charge >= 0.3 is 5.97 Å². The summed E-state index contributed by atoms with van der Waals surface area (Å²) in [6, 6.07) is 14.0. The summed E-state index contributed by atoms with van der Waals surface area (Å²) in [5, 5.41) is 2.34. The standard InChI is InChI=1S/C21H26N2O5S/c1-15(2)18-8-6-17(7-9-18)14-28-21(25)13-22-20(24)12-23-29(26,27)19-10-4-16(3)5-11-19/h4-11,15,23H,12-14H2,1-3H3,(H,22,24). The van der Waals surface area contributed by atoms with Gasteiger partial charge in [-0.05, 0) is 36.1 Å². The van der Waals surface area contributed by atoms with Gasteiger partial charge in [0.1, 0.15) is 13.2 Å². The van der Waals surface area contributed by atoms with Gasteiger partial charge in [0.25, 0.3) is 0 Å². The second kappa shape index (κ2) is 10.2. The van der Waals surface area contributed by atoms with Crippen molar-refractivity contribution < 1.29 is 22.7 Å². The number of carbonyl (C=O) groups is 2. The van der Waals surface area contributed by atoms with E-state index in [1.165, 1.54) is 17.7 Å². The molecule has 0 bridgehead atoms. The van der Waals surface area contributed by atoms with Crippen LogP contribution >= 0.6 is 0 Å². The van der Waals surface area contributed by atoms with E-state index in [0.29, 0.717) is 5.92 Å². The van der Waals surface area contributed by atoms with E-state index >= 15 is 0 Å². The van der Waals surface area contributed by atoms with Crippen LogP contribution in [-0.2, 0) is 31.0 Å². The zero-order valence-corrected chi connectivity index (χ0v) is 17.6. The van der Waals surface area contributed by atoms with Crippen LogP contribution in [0.3, 0.4) is 0 Å². The number of amides is 1. The van der Waals surface area contributed by atoms with E-state index in [2.05, 4.69) is 23.9 Å². The molecule has 0 heterocycles. The summed E-state index contributed by atoms with van der Waals surface area (Å²) in [4.78, 5) is 23.7. The van der Waals surface area contributed by atoms with Gasteiger partial charge in [-0.25, -0.2) is 13.1 Å². The minimum atomic E-state index is -3.79. The number of aryl methyl sites for hydroxylation is 1. The highest BCUT2D eigenvalue weighted by molar-refractivity contribution is 7.89. The Morgan fingerprint density at radius 3 is 2.17 bits per heavy atom. The van der Waals surface area contributed by atoms with E-state index in [1.54, 1.807) is 12.1 Å². The molecular weight excluding hydrogens is 392 g/mol. The summed E-state index contributed by atoms with van der Waals surface area (Å²) < 4.78 is 31.6. The predicted octanol–water partition coefficient (Wildman–Crippen LogP) is 2.26. The molecule has 0 radical (unpaired) electrons. The van der Waals surface area contributed by atoms with Crippen LogP contribution in [0.5, 0.6) is 0 Å². The summed E-state index contributed by atoms with van der Waals surface area (Å²) in [6.07, 6.45) is 0. The third kappa shape index (κ3) is 7.32. The SMILES string of the molecule is Cc1ccc(S(=O)(=O)NCC(=O)NCC(=O)OCc2ccc(C(C)C)cc2)cc1. The largest absolute Gasteiger partial charge is 0.460 e. The van der Waals surface area contributed by atoms with Gasteiger partial charge in [0, 0.05) is 0 Å². The molecule has 2 aromatic rings. The van der Waals surface area contributed by atoms with E-state index in [1.807, 2.05) is 31.2 Å². The van der Waals surface area contributed by atoms with Gasteiger partial charge < -0.3 is 10.1 Å². The van der Waals surface area contributed by atoms with Gasteiger partial charge in [-0.15, -0.1) is 0 Å². The number of hydrogen-bond donors (Lipinski definition) is 2. The van der Waals surface area contributed by atoms with E-state index in [0.717, 1.165) is 11.1 Å². The highest BCUT2D eigenvalue weighted by Crippen LogP contribution is 2.15. The van der Waals surface area contributed by atoms with Gasteiger partial charge in [0.05, 0.1) is 11.4 Å². The average Bonchev–Trinajstić information content (AvgIpc) is 2.70. The number of rotatable bonds is 9. The molecule has 0 aliphatic rings. The molecule has 2 N–H and O–H groups in total. The molecule has 0 aliphatic heterocycles. The first-order chi connectivity index (χ1) is 13.7. The molecule has 2 rings (SSSR count). The molecule has 1 amide bonds. The molecule has 0 saturated heterocycles. The zero-order valence-electron chi connectivity index (χ0n) is 16.8. The zero-order chi connectivity index (χ0) is 21.4. The van der Waals surface area contributed by atoms with E-state index in [4.69, 9.17) is 4.74 Å². The Kier molecular flexibility index (Phi) is 7.92. The molecule has 29 heavy (non-hydrogen) atoms. The molecular formula is C21H26N2O5S. The van der Waals surface area contributed by atoms with Crippen molar-refractivity contribution in [1.82, 2.24) is 10.0 Å².